The van der Waals surface area contributed by atoms with Crippen LogP contribution in [0.3, 0.4) is 0 Å². The lowest BCUT2D eigenvalue weighted by molar-refractivity contribution is -0.182. The predicted octanol–water partition coefficient (Wildman–Crippen LogP) is 1.84. The zero-order valence-corrected chi connectivity index (χ0v) is 11.7. The van der Waals surface area contributed by atoms with E-state index in [1.54, 1.807) is 12.3 Å². The van der Waals surface area contributed by atoms with E-state index in [1.807, 2.05) is 24.1 Å². The van der Waals surface area contributed by atoms with Crippen LogP contribution in [0.2, 0.25) is 0 Å². The summed E-state index contributed by atoms with van der Waals surface area (Å²) >= 11 is 0. The van der Waals surface area contributed by atoms with Gasteiger partial charge in [0.25, 0.3) is 5.91 Å². The Morgan fingerprint density at radius 1 is 1.30 bits per heavy atom. The van der Waals surface area contributed by atoms with Crippen LogP contribution in [0.15, 0.2) is 24.4 Å². The summed E-state index contributed by atoms with van der Waals surface area (Å²) < 4.78 is 11.4. The number of pyridine rings is 1. The van der Waals surface area contributed by atoms with E-state index < -0.39 is 0 Å². The molecular weight excluding hydrogens is 256 g/mol. The fraction of sp³-hybridized carbons (Fsp3) is 0.600. The Morgan fingerprint density at radius 2 is 2.00 bits per heavy atom. The Bertz CT molecular complexity index is 461. The summed E-state index contributed by atoms with van der Waals surface area (Å²) in [4.78, 5) is 18.3. The molecule has 20 heavy (non-hydrogen) atoms. The molecule has 3 rings (SSSR count). The molecule has 0 unspecified atom stereocenters. The summed E-state index contributed by atoms with van der Waals surface area (Å²) in [7, 11) is 1.86. The van der Waals surface area contributed by atoms with Crippen molar-refractivity contribution in [2.45, 2.75) is 37.5 Å². The van der Waals surface area contributed by atoms with E-state index in [4.69, 9.17) is 9.47 Å². The van der Waals surface area contributed by atoms with Crippen LogP contribution in [0.5, 0.6) is 0 Å². The van der Waals surface area contributed by atoms with Crippen molar-refractivity contribution in [3.05, 3.63) is 30.1 Å². The molecule has 0 atom stereocenters. The van der Waals surface area contributed by atoms with Crippen LogP contribution in [0.25, 0.3) is 0 Å². The third-order valence-electron chi connectivity index (χ3n) is 4.28. The van der Waals surface area contributed by atoms with Gasteiger partial charge in [0.1, 0.15) is 5.69 Å². The number of ether oxygens (including phenoxy) is 2. The topological polar surface area (TPSA) is 51.7 Å². The molecule has 2 fully saturated rings. The standard InChI is InChI=1S/C15H20N2O3/c1-17(14(18)13-4-2-3-9-16-13)12-5-7-15(8-6-12)19-10-11-20-15/h2-4,9,12H,5-8,10-11H2,1H3. The molecule has 0 radical (unpaired) electrons. The van der Waals surface area contributed by atoms with Gasteiger partial charge < -0.3 is 14.4 Å². The van der Waals surface area contributed by atoms with Crippen LogP contribution < -0.4 is 0 Å². The molecule has 108 valence electrons. The molecule has 1 aliphatic carbocycles. The van der Waals surface area contributed by atoms with Gasteiger partial charge in [0.15, 0.2) is 5.79 Å². The van der Waals surface area contributed by atoms with Gasteiger partial charge >= 0.3 is 0 Å². The highest BCUT2D eigenvalue weighted by Gasteiger charge is 2.41. The normalized spacial score (nSPS) is 22.1. The van der Waals surface area contributed by atoms with E-state index in [-0.39, 0.29) is 17.7 Å². The molecule has 2 aliphatic rings. The number of nitrogens with zero attached hydrogens (tertiary/aromatic N) is 2. The van der Waals surface area contributed by atoms with Gasteiger partial charge in [0, 0.05) is 32.1 Å². The number of rotatable bonds is 2. The van der Waals surface area contributed by atoms with E-state index >= 15 is 0 Å². The fourth-order valence-electron chi connectivity index (χ4n) is 3.05. The summed E-state index contributed by atoms with van der Waals surface area (Å²) in [6, 6.07) is 5.65. The Hall–Kier alpha value is -1.46. The molecule has 0 aromatic carbocycles. The first-order chi connectivity index (χ1) is 9.70. The van der Waals surface area contributed by atoms with Crippen LogP contribution >= 0.6 is 0 Å². The van der Waals surface area contributed by atoms with Gasteiger partial charge in [0.2, 0.25) is 0 Å². The lowest BCUT2D eigenvalue weighted by Gasteiger charge is -2.38. The van der Waals surface area contributed by atoms with E-state index in [2.05, 4.69) is 4.98 Å². The highest BCUT2D eigenvalue weighted by Crippen LogP contribution is 2.37. The molecule has 5 heteroatoms. The number of aromatic nitrogens is 1. The van der Waals surface area contributed by atoms with Gasteiger partial charge in [-0.15, -0.1) is 0 Å². The van der Waals surface area contributed by atoms with Crippen LogP contribution in [0, 0.1) is 0 Å². The summed E-state index contributed by atoms with van der Waals surface area (Å²) in [5, 5.41) is 0. The SMILES string of the molecule is CN(C(=O)c1ccccn1)C1CCC2(CC1)OCCO2. The molecule has 5 nitrogen and oxygen atoms in total. The summed E-state index contributed by atoms with van der Waals surface area (Å²) in [6.07, 6.45) is 5.19. The van der Waals surface area contributed by atoms with Crippen molar-refractivity contribution in [2.75, 3.05) is 20.3 Å². The van der Waals surface area contributed by atoms with Gasteiger partial charge in [-0.25, -0.2) is 0 Å². The van der Waals surface area contributed by atoms with Crippen LogP contribution in [-0.4, -0.2) is 47.9 Å². The number of carbonyl (C=O) groups excluding carboxylic acids is 1. The molecule has 0 bridgehead atoms. The van der Waals surface area contributed by atoms with Gasteiger partial charge in [-0.3, -0.25) is 9.78 Å². The highest BCUT2D eigenvalue weighted by atomic mass is 16.7. The lowest BCUT2D eigenvalue weighted by Crippen LogP contribution is -2.45. The van der Waals surface area contributed by atoms with Crippen molar-refractivity contribution in [2.24, 2.45) is 0 Å². The van der Waals surface area contributed by atoms with Gasteiger partial charge in [-0.05, 0) is 25.0 Å². The van der Waals surface area contributed by atoms with Crippen LogP contribution in [0.1, 0.15) is 36.2 Å². The van der Waals surface area contributed by atoms with Crippen LogP contribution in [-0.2, 0) is 9.47 Å². The lowest BCUT2D eigenvalue weighted by atomic mass is 9.89. The third kappa shape index (κ3) is 2.55. The highest BCUT2D eigenvalue weighted by molar-refractivity contribution is 5.92. The Balaban J connectivity index is 1.61. The summed E-state index contributed by atoms with van der Waals surface area (Å²) in [5.41, 5.74) is 0.503. The van der Waals surface area contributed by atoms with Crippen LogP contribution in [0.4, 0.5) is 0 Å². The molecule has 1 aliphatic heterocycles. The van der Waals surface area contributed by atoms with Crippen molar-refractivity contribution >= 4 is 5.91 Å². The first kappa shape index (κ1) is 13.5. The van der Waals surface area contributed by atoms with Crippen molar-refractivity contribution < 1.29 is 14.3 Å². The summed E-state index contributed by atoms with van der Waals surface area (Å²) in [5.74, 6) is -0.384. The van der Waals surface area contributed by atoms with E-state index in [0.29, 0.717) is 18.9 Å². The molecule has 2 heterocycles. The first-order valence-corrected chi connectivity index (χ1v) is 7.16. The predicted molar refractivity (Wildman–Crippen MR) is 73.2 cm³/mol. The maximum absolute atomic E-state index is 12.4. The molecule has 1 aromatic rings. The molecule has 1 saturated carbocycles. The number of amides is 1. The minimum Gasteiger partial charge on any atom is -0.348 e. The maximum atomic E-state index is 12.4. The van der Waals surface area contributed by atoms with Crippen molar-refractivity contribution in [1.82, 2.24) is 9.88 Å². The molecule has 1 amide bonds. The zero-order valence-electron chi connectivity index (χ0n) is 11.7. The van der Waals surface area contributed by atoms with Crippen molar-refractivity contribution in [1.29, 1.82) is 0 Å². The molecule has 0 N–H and O–H groups in total. The Labute approximate surface area is 118 Å². The number of hydrogen-bond acceptors (Lipinski definition) is 4. The zero-order chi connectivity index (χ0) is 14.0. The van der Waals surface area contributed by atoms with E-state index in [1.165, 1.54) is 0 Å². The number of carbonyl (C=O) groups is 1. The quantitative estimate of drug-likeness (QED) is 0.827. The molecule has 1 spiro atoms. The van der Waals surface area contributed by atoms with E-state index in [0.717, 1.165) is 25.7 Å². The van der Waals surface area contributed by atoms with Crippen molar-refractivity contribution in [3.8, 4) is 0 Å². The van der Waals surface area contributed by atoms with E-state index in [9.17, 15) is 4.79 Å². The second kappa shape index (κ2) is 5.50. The second-order valence-corrected chi connectivity index (χ2v) is 5.47. The van der Waals surface area contributed by atoms with Gasteiger partial charge in [0.05, 0.1) is 13.2 Å². The first-order valence-electron chi connectivity index (χ1n) is 7.16. The van der Waals surface area contributed by atoms with Crippen molar-refractivity contribution in [3.63, 3.8) is 0 Å². The summed E-state index contributed by atoms with van der Waals surface area (Å²) in [6.45, 7) is 1.38. The Morgan fingerprint density at radius 3 is 2.60 bits per heavy atom. The molecule has 1 saturated heterocycles. The number of hydrogen-bond donors (Lipinski definition) is 0. The monoisotopic (exact) mass is 276 g/mol. The average Bonchev–Trinajstić information content (AvgIpc) is 2.96. The fourth-order valence-corrected chi connectivity index (χ4v) is 3.05. The molecular formula is C15H20N2O3. The minimum absolute atomic E-state index is 0.0141. The average molecular weight is 276 g/mol. The third-order valence-corrected chi connectivity index (χ3v) is 4.28. The smallest absolute Gasteiger partial charge is 0.272 e. The van der Waals surface area contributed by atoms with Gasteiger partial charge in [-0.2, -0.15) is 0 Å². The maximum Gasteiger partial charge on any atom is 0.272 e. The molecule has 1 aromatic heterocycles. The largest absolute Gasteiger partial charge is 0.348 e. The second-order valence-electron chi connectivity index (χ2n) is 5.47. The Kier molecular flexibility index (Phi) is 3.72. The van der Waals surface area contributed by atoms with Gasteiger partial charge in [-0.1, -0.05) is 6.07 Å². The minimum atomic E-state index is -0.370.